The van der Waals surface area contributed by atoms with Crippen LogP contribution in [0.5, 0.6) is 5.75 Å². The van der Waals surface area contributed by atoms with Crippen molar-refractivity contribution in [2.24, 2.45) is 5.92 Å². The van der Waals surface area contributed by atoms with Crippen molar-refractivity contribution in [3.63, 3.8) is 0 Å². The molecule has 3 heteroatoms. The molecule has 0 bridgehead atoms. The molecule has 0 unspecified atom stereocenters. The third-order valence-electron chi connectivity index (χ3n) is 2.27. The Balaban J connectivity index is 2.09. The summed E-state index contributed by atoms with van der Waals surface area (Å²) in [5.74, 6) is 1.40. The van der Waals surface area contributed by atoms with Gasteiger partial charge in [-0.1, -0.05) is 15.9 Å². The number of carbonyl (C=O) groups excluding carboxylic acids is 1. The Bertz CT molecular complexity index is 345. The minimum Gasteiger partial charge on any atom is -0.493 e. The highest BCUT2D eigenvalue weighted by Gasteiger charge is 2.22. The Labute approximate surface area is 91.4 Å². The van der Waals surface area contributed by atoms with Gasteiger partial charge in [-0.15, -0.1) is 0 Å². The van der Waals surface area contributed by atoms with Crippen LogP contribution < -0.4 is 4.74 Å². The van der Waals surface area contributed by atoms with Gasteiger partial charge in [0.2, 0.25) is 0 Å². The van der Waals surface area contributed by atoms with Crippen LogP contribution in [0.2, 0.25) is 0 Å². The van der Waals surface area contributed by atoms with E-state index in [0.29, 0.717) is 17.2 Å². The lowest BCUT2D eigenvalue weighted by Crippen LogP contribution is -2.01. The Morgan fingerprint density at radius 2 is 2.29 bits per heavy atom. The van der Waals surface area contributed by atoms with Crippen LogP contribution in [-0.2, 0) is 0 Å². The van der Waals surface area contributed by atoms with Crippen LogP contribution in [-0.4, -0.2) is 12.9 Å². The zero-order chi connectivity index (χ0) is 9.97. The van der Waals surface area contributed by atoms with Gasteiger partial charge in [-0.05, 0) is 37.0 Å². The second-order valence-corrected chi connectivity index (χ2v) is 4.47. The molecule has 0 saturated heterocycles. The van der Waals surface area contributed by atoms with Crippen molar-refractivity contribution >= 4 is 22.2 Å². The number of rotatable bonds is 4. The van der Waals surface area contributed by atoms with Gasteiger partial charge in [-0.25, -0.2) is 0 Å². The maximum absolute atomic E-state index is 10.7. The Morgan fingerprint density at radius 3 is 2.93 bits per heavy atom. The molecule has 1 aromatic carbocycles. The van der Waals surface area contributed by atoms with Crippen molar-refractivity contribution in [2.75, 3.05) is 6.61 Å². The molecule has 74 valence electrons. The summed E-state index contributed by atoms with van der Waals surface area (Å²) in [7, 11) is 0. The van der Waals surface area contributed by atoms with E-state index in [1.807, 2.05) is 12.1 Å². The average Bonchev–Trinajstić information content (AvgIpc) is 2.99. The van der Waals surface area contributed by atoms with Gasteiger partial charge in [0.05, 0.1) is 12.2 Å². The van der Waals surface area contributed by atoms with Crippen LogP contribution in [0.4, 0.5) is 0 Å². The van der Waals surface area contributed by atoms with Gasteiger partial charge < -0.3 is 4.74 Å². The predicted molar refractivity (Wildman–Crippen MR) is 57.7 cm³/mol. The molecule has 1 aliphatic carbocycles. The van der Waals surface area contributed by atoms with Crippen molar-refractivity contribution in [2.45, 2.75) is 12.8 Å². The summed E-state index contributed by atoms with van der Waals surface area (Å²) in [5.41, 5.74) is 0.611. The van der Waals surface area contributed by atoms with Gasteiger partial charge in [-0.2, -0.15) is 0 Å². The lowest BCUT2D eigenvalue weighted by Gasteiger charge is -2.07. The van der Waals surface area contributed by atoms with Gasteiger partial charge in [0.15, 0.2) is 6.29 Å². The number of aldehydes is 1. The van der Waals surface area contributed by atoms with Crippen LogP contribution in [0.15, 0.2) is 22.7 Å². The van der Waals surface area contributed by atoms with Gasteiger partial charge in [0.25, 0.3) is 0 Å². The van der Waals surface area contributed by atoms with Crippen molar-refractivity contribution in [1.29, 1.82) is 0 Å². The molecule has 14 heavy (non-hydrogen) atoms. The molecule has 2 nitrogen and oxygen atoms in total. The summed E-state index contributed by atoms with van der Waals surface area (Å²) >= 11 is 3.32. The Kier molecular flexibility index (Phi) is 2.87. The Morgan fingerprint density at radius 1 is 1.50 bits per heavy atom. The maximum Gasteiger partial charge on any atom is 0.153 e. The third kappa shape index (κ3) is 2.35. The first-order valence-electron chi connectivity index (χ1n) is 4.67. The van der Waals surface area contributed by atoms with Gasteiger partial charge in [-0.3, -0.25) is 4.79 Å². The fourth-order valence-electron chi connectivity index (χ4n) is 1.24. The van der Waals surface area contributed by atoms with Crippen LogP contribution in [0.25, 0.3) is 0 Å². The van der Waals surface area contributed by atoms with E-state index in [4.69, 9.17) is 4.74 Å². The van der Waals surface area contributed by atoms with Gasteiger partial charge in [0.1, 0.15) is 5.75 Å². The summed E-state index contributed by atoms with van der Waals surface area (Å²) in [6, 6.07) is 5.49. The Hall–Kier alpha value is -0.830. The van der Waals surface area contributed by atoms with Crippen LogP contribution in [0, 0.1) is 5.92 Å². The molecule has 0 radical (unpaired) electrons. The zero-order valence-corrected chi connectivity index (χ0v) is 9.29. The van der Waals surface area contributed by atoms with Gasteiger partial charge in [0, 0.05) is 4.47 Å². The van der Waals surface area contributed by atoms with E-state index in [2.05, 4.69) is 15.9 Å². The molecule has 0 aromatic heterocycles. The number of ether oxygens (including phenoxy) is 1. The first-order valence-corrected chi connectivity index (χ1v) is 5.46. The molecule has 1 aliphatic rings. The van der Waals surface area contributed by atoms with Crippen molar-refractivity contribution in [1.82, 2.24) is 0 Å². The second kappa shape index (κ2) is 4.13. The number of halogens is 1. The molecule has 0 spiro atoms. The highest BCUT2D eigenvalue weighted by molar-refractivity contribution is 9.10. The number of carbonyl (C=O) groups is 1. The van der Waals surface area contributed by atoms with Crippen LogP contribution in [0.3, 0.4) is 0 Å². The predicted octanol–water partition coefficient (Wildman–Crippen LogP) is 3.05. The van der Waals surface area contributed by atoms with E-state index in [1.54, 1.807) is 6.07 Å². The van der Waals surface area contributed by atoms with E-state index < -0.39 is 0 Å². The topological polar surface area (TPSA) is 26.3 Å². The number of benzene rings is 1. The molecule has 0 atom stereocenters. The highest BCUT2D eigenvalue weighted by Crippen LogP contribution is 2.30. The highest BCUT2D eigenvalue weighted by atomic mass is 79.9. The molecule has 0 N–H and O–H groups in total. The van der Waals surface area contributed by atoms with E-state index in [9.17, 15) is 4.79 Å². The van der Waals surface area contributed by atoms with Crippen molar-refractivity contribution in [3.8, 4) is 5.75 Å². The van der Waals surface area contributed by atoms with Crippen molar-refractivity contribution < 1.29 is 9.53 Å². The molecule has 1 aromatic rings. The summed E-state index contributed by atoms with van der Waals surface area (Å²) < 4.78 is 6.46. The maximum atomic E-state index is 10.7. The smallest absolute Gasteiger partial charge is 0.153 e. The fraction of sp³-hybridized carbons (Fsp3) is 0.364. The summed E-state index contributed by atoms with van der Waals surface area (Å²) in [6.07, 6.45) is 3.34. The minimum atomic E-state index is 0.611. The SMILES string of the molecule is O=Cc1cc(Br)ccc1OCC1CC1. The quantitative estimate of drug-likeness (QED) is 0.773. The monoisotopic (exact) mass is 254 g/mol. The van der Waals surface area contributed by atoms with E-state index >= 15 is 0 Å². The minimum absolute atomic E-state index is 0.611. The summed E-state index contributed by atoms with van der Waals surface area (Å²) in [5, 5.41) is 0. The molecule has 2 rings (SSSR count). The lowest BCUT2D eigenvalue weighted by molar-refractivity contribution is 0.111. The number of hydrogen-bond donors (Lipinski definition) is 0. The largest absolute Gasteiger partial charge is 0.493 e. The molecule has 1 fully saturated rings. The van der Waals surface area contributed by atoms with E-state index in [-0.39, 0.29) is 0 Å². The third-order valence-corrected chi connectivity index (χ3v) is 2.76. The van der Waals surface area contributed by atoms with Crippen molar-refractivity contribution in [3.05, 3.63) is 28.2 Å². The summed E-state index contributed by atoms with van der Waals surface area (Å²) in [6.45, 7) is 0.739. The zero-order valence-electron chi connectivity index (χ0n) is 7.70. The molecular weight excluding hydrogens is 244 g/mol. The van der Waals surface area contributed by atoms with E-state index in [1.165, 1.54) is 12.8 Å². The second-order valence-electron chi connectivity index (χ2n) is 3.55. The molecular formula is C11H11BrO2. The molecule has 1 saturated carbocycles. The average molecular weight is 255 g/mol. The first kappa shape index (κ1) is 9.71. The number of hydrogen-bond acceptors (Lipinski definition) is 2. The lowest BCUT2D eigenvalue weighted by atomic mass is 10.2. The molecule has 0 aliphatic heterocycles. The van der Waals surface area contributed by atoms with Crippen LogP contribution >= 0.6 is 15.9 Å². The molecule has 0 amide bonds. The summed E-state index contributed by atoms with van der Waals surface area (Å²) in [4.78, 5) is 10.7. The standard InChI is InChI=1S/C11H11BrO2/c12-10-3-4-11(9(5-10)6-13)14-7-8-1-2-8/h3-6,8H,1-2,7H2. The van der Waals surface area contributed by atoms with Crippen LogP contribution in [0.1, 0.15) is 23.2 Å². The molecule has 0 heterocycles. The fourth-order valence-corrected chi connectivity index (χ4v) is 1.61. The first-order chi connectivity index (χ1) is 6.79. The normalized spacial score (nSPS) is 15.2. The van der Waals surface area contributed by atoms with Gasteiger partial charge >= 0.3 is 0 Å². The van der Waals surface area contributed by atoms with E-state index in [0.717, 1.165) is 17.4 Å².